The average Bonchev–Trinajstić information content (AvgIpc) is 2.37. The smallest absolute Gasteiger partial charge is 0.346 e. The van der Waals surface area contributed by atoms with Crippen LogP contribution in [0.5, 0.6) is 5.75 Å². The highest BCUT2D eigenvalue weighted by molar-refractivity contribution is 5.89. The maximum Gasteiger partial charge on any atom is 0.346 e. The number of carbonyl (C=O) groups excluding carboxylic acids is 2. The molecule has 0 aliphatic heterocycles. The molecule has 1 unspecified atom stereocenters. The number of carbonyl (C=O) groups is 2. The third-order valence-electron chi connectivity index (χ3n) is 2.10. The third kappa shape index (κ3) is 3.48. The first-order valence-electron chi connectivity index (χ1n) is 5.01. The zero-order valence-corrected chi connectivity index (χ0v) is 9.93. The lowest BCUT2D eigenvalue weighted by molar-refractivity contribution is -0.147. The Hall–Kier alpha value is -2.04. The average molecular weight is 238 g/mol. The number of methoxy groups -OCH3 is 2. The van der Waals surface area contributed by atoms with Gasteiger partial charge in [-0.05, 0) is 25.1 Å². The predicted octanol–water partition coefficient (Wildman–Crippen LogP) is 1.41. The lowest BCUT2D eigenvalue weighted by Gasteiger charge is -2.12. The molecular formula is C12H14O5. The maximum absolute atomic E-state index is 11.3. The maximum atomic E-state index is 11.3. The molecule has 0 fully saturated rings. The van der Waals surface area contributed by atoms with Crippen molar-refractivity contribution in [3.8, 4) is 5.75 Å². The minimum Gasteiger partial charge on any atom is -0.479 e. The summed E-state index contributed by atoms with van der Waals surface area (Å²) in [5, 5.41) is 0. The molecule has 0 bridgehead atoms. The summed E-state index contributed by atoms with van der Waals surface area (Å²) in [4.78, 5) is 22.4. The molecule has 1 rings (SSSR count). The molecule has 0 aromatic heterocycles. The van der Waals surface area contributed by atoms with Crippen molar-refractivity contribution in [3.05, 3.63) is 29.8 Å². The van der Waals surface area contributed by atoms with Gasteiger partial charge >= 0.3 is 11.9 Å². The lowest BCUT2D eigenvalue weighted by atomic mass is 10.2. The third-order valence-corrected chi connectivity index (χ3v) is 2.10. The van der Waals surface area contributed by atoms with Gasteiger partial charge in [-0.25, -0.2) is 9.59 Å². The number of benzene rings is 1. The van der Waals surface area contributed by atoms with Gasteiger partial charge in [0.1, 0.15) is 5.75 Å². The first-order chi connectivity index (χ1) is 8.08. The van der Waals surface area contributed by atoms with Crippen LogP contribution in [0, 0.1) is 0 Å². The summed E-state index contributed by atoms with van der Waals surface area (Å²) >= 11 is 0. The van der Waals surface area contributed by atoms with E-state index in [1.165, 1.54) is 20.3 Å². The van der Waals surface area contributed by atoms with Crippen LogP contribution in [0.3, 0.4) is 0 Å². The topological polar surface area (TPSA) is 61.8 Å². The van der Waals surface area contributed by atoms with Crippen LogP contribution < -0.4 is 4.74 Å². The van der Waals surface area contributed by atoms with Gasteiger partial charge in [-0.2, -0.15) is 0 Å². The van der Waals surface area contributed by atoms with Gasteiger partial charge in [0.05, 0.1) is 19.8 Å². The van der Waals surface area contributed by atoms with Gasteiger partial charge in [0.15, 0.2) is 6.10 Å². The first-order valence-corrected chi connectivity index (χ1v) is 5.01. The van der Waals surface area contributed by atoms with Gasteiger partial charge in [0.2, 0.25) is 0 Å². The van der Waals surface area contributed by atoms with E-state index >= 15 is 0 Å². The Morgan fingerprint density at radius 2 is 1.88 bits per heavy atom. The van der Waals surface area contributed by atoms with E-state index in [-0.39, 0.29) is 0 Å². The fourth-order valence-electron chi connectivity index (χ4n) is 1.23. The first kappa shape index (κ1) is 13.0. The molecule has 0 aliphatic carbocycles. The molecule has 17 heavy (non-hydrogen) atoms. The van der Waals surface area contributed by atoms with E-state index in [0.29, 0.717) is 11.3 Å². The molecule has 0 saturated heterocycles. The van der Waals surface area contributed by atoms with Crippen LogP contribution >= 0.6 is 0 Å². The fourth-order valence-corrected chi connectivity index (χ4v) is 1.23. The summed E-state index contributed by atoms with van der Waals surface area (Å²) in [5.74, 6) is -0.527. The van der Waals surface area contributed by atoms with Gasteiger partial charge in [-0.1, -0.05) is 6.07 Å². The van der Waals surface area contributed by atoms with E-state index < -0.39 is 18.0 Å². The minimum absolute atomic E-state index is 0.363. The molecule has 1 aromatic carbocycles. The minimum atomic E-state index is -0.729. The Morgan fingerprint density at radius 3 is 2.47 bits per heavy atom. The van der Waals surface area contributed by atoms with E-state index in [1.54, 1.807) is 25.1 Å². The van der Waals surface area contributed by atoms with Crippen LogP contribution in [0.15, 0.2) is 24.3 Å². The van der Waals surface area contributed by atoms with Crippen molar-refractivity contribution in [1.82, 2.24) is 0 Å². The molecule has 0 saturated carbocycles. The summed E-state index contributed by atoms with van der Waals surface area (Å²) in [5.41, 5.74) is 0.363. The van der Waals surface area contributed by atoms with Crippen molar-refractivity contribution in [1.29, 1.82) is 0 Å². The van der Waals surface area contributed by atoms with Crippen LogP contribution in [0.2, 0.25) is 0 Å². The Morgan fingerprint density at radius 1 is 1.18 bits per heavy atom. The predicted molar refractivity (Wildman–Crippen MR) is 59.9 cm³/mol. The molecule has 92 valence electrons. The molecule has 0 heterocycles. The molecule has 0 aliphatic rings. The molecular weight excluding hydrogens is 224 g/mol. The summed E-state index contributed by atoms with van der Waals surface area (Å²) in [6, 6.07) is 6.39. The van der Waals surface area contributed by atoms with Crippen molar-refractivity contribution in [2.45, 2.75) is 13.0 Å². The van der Waals surface area contributed by atoms with E-state index in [4.69, 9.17) is 4.74 Å². The second kappa shape index (κ2) is 5.89. The fraction of sp³-hybridized carbons (Fsp3) is 0.333. The highest BCUT2D eigenvalue weighted by Crippen LogP contribution is 2.15. The van der Waals surface area contributed by atoms with E-state index in [9.17, 15) is 9.59 Å². The number of ether oxygens (including phenoxy) is 3. The van der Waals surface area contributed by atoms with Crippen LogP contribution in [0.25, 0.3) is 0 Å². The summed E-state index contributed by atoms with van der Waals surface area (Å²) in [6.45, 7) is 1.57. The second-order valence-corrected chi connectivity index (χ2v) is 3.30. The zero-order chi connectivity index (χ0) is 12.8. The van der Waals surface area contributed by atoms with Gasteiger partial charge in [0.25, 0.3) is 0 Å². The van der Waals surface area contributed by atoms with Crippen molar-refractivity contribution < 1.29 is 23.8 Å². The van der Waals surface area contributed by atoms with Crippen LogP contribution in [0.4, 0.5) is 0 Å². The Labute approximate surface area is 99.3 Å². The normalized spacial score (nSPS) is 11.5. The van der Waals surface area contributed by atoms with Crippen molar-refractivity contribution >= 4 is 11.9 Å². The lowest BCUT2D eigenvalue weighted by Crippen LogP contribution is -2.24. The van der Waals surface area contributed by atoms with E-state index in [0.717, 1.165) is 0 Å². The summed E-state index contributed by atoms with van der Waals surface area (Å²) in [6.07, 6.45) is -0.729. The molecule has 0 amide bonds. The standard InChI is InChI=1S/C12H14O5/c1-8(11(13)15-2)17-10-6-4-5-9(7-10)12(14)16-3/h4-8H,1-3H3. The summed E-state index contributed by atoms with van der Waals surface area (Å²) < 4.78 is 14.4. The van der Waals surface area contributed by atoms with Gasteiger partial charge in [-0.15, -0.1) is 0 Å². The highest BCUT2D eigenvalue weighted by Gasteiger charge is 2.15. The zero-order valence-electron chi connectivity index (χ0n) is 9.93. The van der Waals surface area contributed by atoms with E-state index in [1.807, 2.05) is 0 Å². The molecule has 5 nitrogen and oxygen atoms in total. The molecule has 1 atom stereocenters. The SMILES string of the molecule is COC(=O)c1cccc(OC(C)C(=O)OC)c1. The number of esters is 2. The second-order valence-electron chi connectivity index (χ2n) is 3.30. The molecule has 1 aromatic rings. The Kier molecular flexibility index (Phi) is 4.51. The van der Waals surface area contributed by atoms with Crippen LogP contribution in [-0.4, -0.2) is 32.3 Å². The highest BCUT2D eigenvalue weighted by atomic mass is 16.6. The quantitative estimate of drug-likeness (QED) is 0.742. The van der Waals surface area contributed by atoms with Crippen molar-refractivity contribution in [3.63, 3.8) is 0 Å². The van der Waals surface area contributed by atoms with Crippen LogP contribution in [-0.2, 0) is 14.3 Å². The largest absolute Gasteiger partial charge is 0.479 e. The number of rotatable bonds is 4. The molecule has 5 heteroatoms. The monoisotopic (exact) mass is 238 g/mol. The number of hydrogen-bond acceptors (Lipinski definition) is 5. The molecule has 0 spiro atoms. The molecule has 0 N–H and O–H groups in total. The molecule has 0 radical (unpaired) electrons. The summed E-state index contributed by atoms with van der Waals surface area (Å²) in [7, 11) is 2.58. The van der Waals surface area contributed by atoms with Gasteiger partial charge in [-0.3, -0.25) is 0 Å². The van der Waals surface area contributed by atoms with Gasteiger partial charge < -0.3 is 14.2 Å². The van der Waals surface area contributed by atoms with Gasteiger partial charge in [0, 0.05) is 0 Å². The van der Waals surface area contributed by atoms with Crippen molar-refractivity contribution in [2.75, 3.05) is 14.2 Å². The Balaban J connectivity index is 2.79. The Bertz CT molecular complexity index is 413. The number of hydrogen-bond donors (Lipinski definition) is 0. The van der Waals surface area contributed by atoms with Crippen LogP contribution in [0.1, 0.15) is 17.3 Å². The van der Waals surface area contributed by atoms with E-state index in [2.05, 4.69) is 9.47 Å². The van der Waals surface area contributed by atoms with Crippen molar-refractivity contribution in [2.24, 2.45) is 0 Å².